The second-order valence-electron chi connectivity index (χ2n) is 9.06. The van der Waals surface area contributed by atoms with Gasteiger partial charge in [-0.15, -0.1) is 0 Å². The molecule has 0 aliphatic heterocycles. The van der Waals surface area contributed by atoms with Crippen LogP contribution < -0.4 is 9.47 Å². The summed E-state index contributed by atoms with van der Waals surface area (Å²) >= 11 is 0. The highest BCUT2D eigenvalue weighted by atomic mass is 16.5. The maximum absolute atomic E-state index is 12.0. The van der Waals surface area contributed by atoms with E-state index in [0.29, 0.717) is 30.1 Å². The fraction of sp³-hybridized carbons (Fsp3) is 0.188. The molecule has 0 aromatic heterocycles. The normalized spacial score (nSPS) is 12.0. The highest BCUT2D eigenvalue weighted by molar-refractivity contribution is 5.84. The summed E-state index contributed by atoms with van der Waals surface area (Å²) in [6.07, 6.45) is 3.63. The van der Waals surface area contributed by atoms with E-state index in [1.54, 1.807) is 12.1 Å². The van der Waals surface area contributed by atoms with Gasteiger partial charge in [-0.25, -0.2) is 0 Å². The van der Waals surface area contributed by atoms with Crippen molar-refractivity contribution in [1.29, 1.82) is 5.26 Å². The molecule has 0 N–H and O–H groups in total. The van der Waals surface area contributed by atoms with Crippen molar-refractivity contribution in [3.63, 3.8) is 0 Å². The summed E-state index contributed by atoms with van der Waals surface area (Å²) in [4.78, 5) is 12.0. The van der Waals surface area contributed by atoms with Gasteiger partial charge in [-0.1, -0.05) is 60.7 Å². The van der Waals surface area contributed by atoms with E-state index >= 15 is 0 Å². The number of rotatable bonds is 8. The van der Waals surface area contributed by atoms with Crippen LogP contribution >= 0.6 is 0 Å². The first-order chi connectivity index (χ1) is 17.7. The number of ether oxygens (including phenoxy) is 2. The molecule has 4 aromatic carbocycles. The van der Waals surface area contributed by atoms with Crippen LogP contribution in [0.15, 0.2) is 78.9 Å². The molecule has 0 bridgehead atoms. The summed E-state index contributed by atoms with van der Waals surface area (Å²) in [5, 5.41) is 9.01. The van der Waals surface area contributed by atoms with E-state index in [1.807, 2.05) is 24.3 Å². The first-order valence-corrected chi connectivity index (χ1v) is 12.2. The molecule has 0 spiro atoms. The largest absolute Gasteiger partial charge is 0.488 e. The van der Waals surface area contributed by atoms with Gasteiger partial charge in [0.15, 0.2) is 6.29 Å². The van der Waals surface area contributed by atoms with Crippen LogP contribution in [-0.2, 0) is 26.1 Å². The maximum atomic E-state index is 12.0. The predicted molar refractivity (Wildman–Crippen MR) is 140 cm³/mol. The number of hydrogen-bond donors (Lipinski definition) is 0. The molecular weight excluding hydrogens is 446 g/mol. The predicted octanol–water partition coefficient (Wildman–Crippen LogP) is 6.99. The van der Waals surface area contributed by atoms with Crippen LogP contribution in [-0.4, -0.2) is 6.29 Å². The second kappa shape index (κ2) is 10.5. The van der Waals surface area contributed by atoms with Crippen LogP contribution in [0.5, 0.6) is 11.5 Å². The lowest BCUT2D eigenvalue weighted by molar-refractivity contribution is 0.111. The zero-order valence-corrected chi connectivity index (χ0v) is 20.3. The van der Waals surface area contributed by atoms with E-state index in [4.69, 9.17) is 14.7 Å². The van der Waals surface area contributed by atoms with Crippen molar-refractivity contribution in [2.24, 2.45) is 0 Å². The smallest absolute Gasteiger partial charge is 0.154 e. The highest BCUT2D eigenvalue weighted by Crippen LogP contribution is 2.39. The molecule has 1 aliphatic rings. The second-order valence-corrected chi connectivity index (χ2v) is 9.06. The molecule has 0 atom stereocenters. The SMILES string of the molecule is Cc1c(COc2cc(OCc3ccc(C#N)cc3)c(C=O)c3c2CCC3)cccc1-c1ccccc1. The molecule has 4 heteroatoms. The monoisotopic (exact) mass is 473 g/mol. The molecule has 0 amide bonds. The Labute approximate surface area is 211 Å². The van der Waals surface area contributed by atoms with Gasteiger partial charge in [0.1, 0.15) is 24.7 Å². The van der Waals surface area contributed by atoms with Gasteiger partial charge in [0, 0.05) is 6.07 Å². The van der Waals surface area contributed by atoms with E-state index in [1.165, 1.54) is 16.7 Å². The van der Waals surface area contributed by atoms with Gasteiger partial charge in [0.05, 0.1) is 17.2 Å². The molecule has 0 saturated heterocycles. The van der Waals surface area contributed by atoms with Crippen LogP contribution in [0.4, 0.5) is 0 Å². The molecule has 5 rings (SSSR count). The summed E-state index contributed by atoms with van der Waals surface area (Å²) < 4.78 is 12.5. The Morgan fingerprint density at radius 2 is 1.61 bits per heavy atom. The number of aldehydes is 1. The van der Waals surface area contributed by atoms with Crippen LogP contribution in [0.3, 0.4) is 0 Å². The minimum Gasteiger partial charge on any atom is -0.488 e. The molecule has 0 fully saturated rings. The topological polar surface area (TPSA) is 59.3 Å². The summed E-state index contributed by atoms with van der Waals surface area (Å²) in [7, 11) is 0. The zero-order valence-electron chi connectivity index (χ0n) is 20.3. The van der Waals surface area contributed by atoms with E-state index in [0.717, 1.165) is 53.6 Å². The summed E-state index contributed by atoms with van der Waals surface area (Å²) in [6, 6.07) is 27.9. The van der Waals surface area contributed by atoms with Crippen molar-refractivity contribution in [2.45, 2.75) is 39.4 Å². The molecule has 0 radical (unpaired) electrons. The maximum Gasteiger partial charge on any atom is 0.154 e. The number of carbonyl (C=O) groups excluding carboxylic acids is 1. The van der Waals surface area contributed by atoms with Crippen molar-refractivity contribution < 1.29 is 14.3 Å². The van der Waals surface area contributed by atoms with Gasteiger partial charge in [0.2, 0.25) is 0 Å². The molecule has 4 aromatic rings. The standard InChI is InChI=1S/C32H27NO3/c1-22-26(9-5-10-27(22)25-7-3-2-4-8-25)21-36-31-17-32(30(19-34)28-11-6-12-29(28)31)35-20-24-15-13-23(18-33)14-16-24/h2-5,7-10,13-17,19H,6,11-12,20-21H2,1H3. The highest BCUT2D eigenvalue weighted by Gasteiger charge is 2.24. The minimum absolute atomic E-state index is 0.309. The first kappa shape index (κ1) is 23.4. The lowest BCUT2D eigenvalue weighted by Gasteiger charge is -2.18. The van der Waals surface area contributed by atoms with Crippen LogP contribution in [0.25, 0.3) is 11.1 Å². The third-order valence-corrected chi connectivity index (χ3v) is 6.88. The molecule has 4 nitrogen and oxygen atoms in total. The minimum atomic E-state index is 0.309. The van der Waals surface area contributed by atoms with Crippen LogP contribution in [0.2, 0.25) is 0 Å². The molecule has 0 unspecified atom stereocenters. The van der Waals surface area contributed by atoms with Crippen molar-refractivity contribution in [3.8, 4) is 28.7 Å². The lowest BCUT2D eigenvalue weighted by Crippen LogP contribution is -2.06. The number of hydrogen-bond acceptors (Lipinski definition) is 4. The Morgan fingerprint density at radius 3 is 2.36 bits per heavy atom. The average molecular weight is 474 g/mol. The van der Waals surface area contributed by atoms with E-state index in [-0.39, 0.29) is 0 Å². The number of benzene rings is 4. The Balaban J connectivity index is 1.40. The number of carbonyl (C=O) groups is 1. The Kier molecular flexibility index (Phi) is 6.82. The number of nitriles is 1. The van der Waals surface area contributed by atoms with Crippen molar-refractivity contribution in [1.82, 2.24) is 0 Å². The molecule has 1 aliphatic carbocycles. The third kappa shape index (κ3) is 4.74. The molecule has 36 heavy (non-hydrogen) atoms. The zero-order chi connectivity index (χ0) is 24.9. The van der Waals surface area contributed by atoms with Gasteiger partial charge in [0.25, 0.3) is 0 Å². The molecule has 178 valence electrons. The van der Waals surface area contributed by atoms with Crippen LogP contribution in [0.1, 0.15) is 50.2 Å². The fourth-order valence-corrected chi connectivity index (χ4v) is 4.89. The molecule has 0 heterocycles. The van der Waals surface area contributed by atoms with Crippen molar-refractivity contribution >= 4 is 6.29 Å². The molecular formula is C32H27NO3. The third-order valence-electron chi connectivity index (χ3n) is 6.88. The number of nitrogens with zero attached hydrogens (tertiary/aromatic N) is 1. The van der Waals surface area contributed by atoms with Gasteiger partial charge in [-0.3, -0.25) is 4.79 Å². The van der Waals surface area contributed by atoms with Crippen molar-refractivity contribution in [3.05, 3.63) is 118 Å². The quantitative estimate of drug-likeness (QED) is 0.259. The average Bonchev–Trinajstić information content (AvgIpc) is 3.42. The summed E-state index contributed by atoms with van der Waals surface area (Å²) in [6.45, 7) is 2.88. The lowest BCUT2D eigenvalue weighted by atomic mass is 9.97. The summed E-state index contributed by atoms with van der Waals surface area (Å²) in [5.41, 5.74) is 9.01. The first-order valence-electron chi connectivity index (χ1n) is 12.2. The van der Waals surface area contributed by atoms with E-state index in [9.17, 15) is 4.79 Å². The van der Waals surface area contributed by atoms with Crippen molar-refractivity contribution in [2.75, 3.05) is 0 Å². The van der Waals surface area contributed by atoms with Crippen LogP contribution in [0, 0.1) is 18.3 Å². The summed E-state index contributed by atoms with van der Waals surface area (Å²) in [5.74, 6) is 1.33. The van der Waals surface area contributed by atoms with E-state index in [2.05, 4.69) is 55.5 Å². The molecule has 0 saturated carbocycles. The number of fused-ring (bicyclic) bond motifs is 1. The fourth-order valence-electron chi connectivity index (χ4n) is 4.89. The Hall–Kier alpha value is -4.36. The Morgan fingerprint density at radius 1 is 0.861 bits per heavy atom. The Bertz CT molecular complexity index is 1430. The van der Waals surface area contributed by atoms with Gasteiger partial charge >= 0.3 is 0 Å². The van der Waals surface area contributed by atoms with Gasteiger partial charge < -0.3 is 9.47 Å². The van der Waals surface area contributed by atoms with E-state index < -0.39 is 0 Å². The van der Waals surface area contributed by atoms with Gasteiger partial charge in [-0.05, 0) is 77.3 Å². The van der Waals surface area contributed by atoms with Gasteiger partial charge in [-0.2, -0.15) is 5.26 Å².